The van der Waals surface area contributed by atoms with Crippen LogP contribution in [0.4, 0.5) is 0 Å². The van der Waals surface area contributed by atoms with Gasteiger partial charge in [-0.15, -0.1) is 0 Å². The molecule has 0 saturated heterocycles. The molecule has 1 atom stereocenters. The van der Waals surface area contributed by atoms with Crippen molar-refractivity contribution in [2.75, 3.05) is 13.2 Å². The van der Waals surface area contributed by atoms with Crippen LogP contribution in [0.1, 0.15) is 297 Å². The Morgan fingerprint density at radius 3 is 0.929 bits per heavy atom. The number of hydrogen-bond donors (Lipinski definition) is 0. The highest BCUT2D eigenvalue weighted by Gasteiger charge is 2.19. The monoisotopic (exact) mass is 977 g/mol. The van der Waals surface area contributed by atoms with E-state index in [0.29, 0.717) is 19.3 Å². The molecule has 0 radical (unpaired) electrons. The Morgan fingerprint density at radius 1 is 0.300 bits per heavy atom. The molecule has 0 aromatic heterocycles. The Labute approximate surface area is 433 Å². The van der Waals surface area contributed by atoms with Gasteiger partial charge < -0.3 is 14.2 Å². The third-order valence-electron chi connectivity index (χ3n) is 12.9. The number of hydrogen-bond acceptors (Lipinski definition) is 6. The van der Waals surface area contributed by atoms with Gasteiger partial charge in [-0.3, -0.25) is 14.4 Å². The predicted molar refractivity (Wildman–Crippen MR) is 302 cm³/mol. The van der Waals surface area contributed by atoms with Gasteiger partial charge >= 0.3 is 17.9 Å². The van der Waals surface area contributed by atoms with Crippen molar-refractivity contribution >= 4 is 17.9 Å². The van der Waals surface area contributed by atoms with Crippen LogP contribution in [0.25, 0.3) is 0 Å². The van der Waals surface area contributed by atoms with Crippen molar-refractivity contribution in [3.05, 3.63) is 72.9 Å². The second-order valence-corrected chi connectivity index (χ2v) is 19.9. The van der Waals surface area contributed by atoms with E-state index >= 15 is 0 Å². The molecule has 70 heavy (non-hydrogen) atoms. The SMILES string of the molecule is CC/C=C\C/C=C\C/C=C\C/C=C\CCCCCCCCCCCCCCCCC(=O)OCC(COC(=O)CCCCCCCCCCCCCC)OC(=O)CCCCCCC/C=C\C/C=C\CCC. The van der Waals surface area contributed by atoms with Gasteiger partial charge in [-0.2, -0.15) is 0 Å². The Morgan fingerprint density at radius 2 is 0.586 bits per heavy atom. The first-order valence-corrected chi connectivity index (χ1v) is 29.9. The molecule has 0 heterocycles. The van der Waals surface area contributed by atoms with Gasteiger partial charge in [0.15, 0.2) is 6.10 Å². The van der Waals surface area contributed by atoms with Crippen molar-refractivity contribution in [3.63, 3.8) is 0 Å². The van der Waals surface area contributed by atoms with E-state index in [-0.39, 0.29) is 31.1 Å². The van der Waals surface area contributed by atoms with E-state index in [9.17, 15) is 14.4 Å². The van der Waals surface area contributed by atoms with Gasteiger partial charge in [0.1, 0.15) is 13.2 Å². The highest BCUT2D eigenvalue weighted by atomic mass is 16.6. The van der Waals surface area contributed by atoms with Crippen molar-refractivity contribution in [2.24, 2.45) is 0 Å². The first kappa shape index (κ1) is 66.9. The molecular weight excluding hydrogens is 865 g/mol. The second kappa shape index (κ2) is 58.4. The van der Waals surface area contributed by atoms with E-state index in [1.165, 1.54) is 141 Å². The fourth-order valence-electron chi connectivity index (χ4n) is 8.47. The van der Waals surface area contributed by atoms with E-state index in [4.69, 9.17) is 14.2 Å². The Balaban J connectivity index is 4.20. The summed E-state index contributed by atoms with van der Waals surface area (Å²) < 4.78 is 16.9. The number of unbranched alkanes of at least 4 members (excludes halogenated alkanes) is 31. The van der Waals surface area contributed by atoms with Gasteiger partial charge in [0, 0.05) is 19.3 Å². The summed E-state index contributed by atoms with van der Waals surface area (Å²) in [4.78, 5) is 38.1. The summed E-state index contributed by atoms with van der Waals surface area (Å²) in [6, 6.07) is 0. The summed E-state index contributed by atoms with van der Waals surface area (Å²) in [7, 11) is 0. The zero-order valence-corrected chi connectivity index (χ0v) is 46.3. The summed E-state index contributed by atoms with van der Waals surface area (Å²) in [5.74, 6) is -0.882. The van der Waals surface area contributed by atoms with Crippen LogP contribution in [0, 0.1) is 0 Å². The molecule has 0 spiro atoms. The van der Waals surface area contributed by atoms with Gasteiger partial charge in [-0.25, -0.2) is 0 Å². The lowest BCUT2D eigenvalue weighted by atomic mass is 10.0. The number of esters is 3. The summed E-state index contributed by atoms with van der Waals surface area (Å²) in [5, 5.41) is 0. The minimum Gasteiger partial charge on any atom is -0.462 e. The van der Waals surface area contributed by atoms with Gasteiger partial charge in [-0.05, 0) is 83.5 Å². The van der Waals surface area contributed by atoms with E-state index in [1.807, 2.05) is 0 Å². The number of allylic oxidation sites excluding steroid dienone is 12. The fraction of sp³-hybridized carbons (Fsp3) is 0.766. The maximum Gasteiger partial charge on any atom is 0.306 e. The van der Waals surface area contributed by atoms with E-state index in [1.54, 1.807) is 0 Å². The minimum absolute atomic E-state index is 0.0776. The number of rotatable bonds is 54. The molecule has 0 amide bonds. The molecule has 0 aliphatic carbocycles. The van der Waals surface area contributed by atoms with Crippen LogP contribution in [0.15, 0.2) is 72.9 Å². The molecule has 0 bridgehead atoms. The zero-order chi connectivity index (χ0) is 50.7. The van der Waals surface area contributed by atoms with E-state index < -0.39 is 6.10 Å². The minimum atomic E-state index is -0.780. The Bertz CT molecular complexity index is 1310. The van der Waals surface area contributed by atoms with Crippen molar-refractivity contribution in [1.29, 1.82) is 0 Å². The molecule has 404 valence electrons. The van der Waals surface area contributed by atoms with Crippen LogP contribution in [0.2, 0.25) is 0 Å². The standard InChI is InChI=1S/C64H112O6/c1-4-7-10-13-16-19-22-25-26-27-28-29-30-31-32-33-34-35-36-37-38-40-42-45-48-51-54-57-63(66)69-60-61(59-68-62(65)56-53-50-47-44-41-24-21-18-15-12-9-6-3)70-64(67)58-55-52-49-46-43-39-23-20-17-14-11-8-5-2/h7,10-11,14,16,19-20,23,25-26,28-29,61H,4-6,8-9,12-13,15,17-18,21-22,24,27,30-60H2,1-3H3/b10-7-,14-11-,19-16-,23-20-,26-25-,29-28-. The highest BCUT2D eigenvalue weighted by molar-refractivity contribution is 5.71. The average molecular weight is 978 g/mol. The van der Waals surface area contributed by atoms with Crippen LogP contribution in [-0.4, -0.2) is 37.2 Å². The number of ether oxygens (including phenoxy) is 3. The molecule has 6 heteroatoms. The normalized spacial score (nSPS) is 12.6. The second-order valence-electron chi connectivity index (χ2n) is 19.9. The molecule has 0 aliphatic heterocycles. The third kappa shape index (κ3) is 55.8. The maximum absolute atomic E-state index is 12.8. The molecular formula is C64H112O6. The lowest BCUT2D eigenvalue weighted by molar-refractivity contribution is -0.167. The molecule has 0 saturated carbocycles. The summed E-state index contributed by atoms with van der Waals surface area (Å²) >= 11 is 0. The van der Waals surface area contributed by atoms with Crippen molar-refractivity contribution in [3.8, 4) is 0 Å². The summed E-state index contributed by atoms with van der Waals surface area (Å²) in [5.41, 5.74) is 0. The summed E-state index contributed by atoms with van der Waals surface area (Å²) in [6.07, 6.45) is 74.8. The third-order valence-corrected chi connectivity index (χ3v) is 12.9. The van der Waals surface area contributed by atoms with Gasteiger partial charge in [0.05, 0.1) is 0 Å². The van der Waals surface area contributed by atoms with Crippen molar-refractivity contribution < 1.29 is 28.6 Å². The quantitative estimate of drug-likeness (QED) is 0.0261. The zero-order valence-electron chi connectivity index (χ0n) is 46.3. The smallest absolute Gasteiger partial charge is 0.306 e. The molecule has 0 fully saturated rings. The van der Waals surface area contributed by atoms with Crippen LogP contribution >= 0.6 is 0 Å². The van der Waals surface area contributed by atoms with E-state index in [2.05, 4.69) is 93.7 Å². The largest absolute Gasteiger partial charge is 0.462 e. The molecule has 0 aromatic carbocycles. The van der Waals surface area contributed by atoms with Gasteiger partial charge in [0.25, 0.3) is 0 Å². The fourth-order valence-corrected chi connectivity index (χ4v) is 8.47. The number of carbonyl (C=O) groups excluding carboxylic acids is 3. The topological polar surface area (TPSA) is 78.9 Å². The average Bonchev–Trinajstić information content (AvgIpc) is 3.36. The van der Waals surface area contributed by atoms with E-state index in [0.717, 1.165) is 116 Å². The summed E-state index contributed by atoms with van der Waals surface area (Å²) in [6.45, 7) is 6.47. The molecule has 0 N–H and O–H groups in total. The Hall–Kier alpha value is -3.15. The van der Waals surface area contributed by atoms with Gasteiger partial charge in [-0.1, -0.05) is 267 Å². The van der Waals surface area contributed by atoms with Crippen LogP contribution in [-0.2, 0) is 28.6 Å². The predicted octanol–water partition coefficient (Wildman–Crippen LogP) is 20.2. The molecule has 6 nitrogen and oxygen atoms in total. The van der Waals surface area contributed by atoms with Crippen LogP contribution in [0.3, 0.4) is 0 Å². The lowest BCUT2D eigenvalue weighted by Gasteiger charge is -2.18. The molecule has 0 aliphatic rings. The van der Waals surface area contributed by atoms with Crippen molar-refractivity contribution in [1.82, 2.24) is 0 Å². The first-order chi connectivity index (χ1) is 34.5. The van der Waals surface area contributed by atoms with Crippen LogP contribution < -0.4 is 0 Å². The van der Waals surface area contributed by atoms with Gasteiger partial charge in [0.2, 0.25) is 0 Å². The first-order valence-electron chi connectivity index (χ1n) is 29.9. The van der Waals surface area contributed by atoms with Crippen molar-refractivity contribution in [2.45, 2.75) is 303 Å². The highest BCUT2D eigenvalue weighted by Crippen LogP contribution is 2.16. The molecule has 0 aromatic rings. The van der Waals surface area contributed by atoms with Crippen LogP contribution in [0.5, 0.6) is 0 Å². The molecule has 1 unspecified atom stereocenters. The maximum atomic E-state index is 12.8. The lowest BCUT2D eigenvalue weighted by Crippen LogP contribution is -2.30. The number of carbonyl (C=O) groups is 3. The Kier molecular flexibility index (Phi) is 55.8. The molecule has 0 rings (SSSR count).